The van der Waals surface area contributed by atoms with Gasteiger partial charge in [-0.1, -0.05) is 6.58 Å². The number of likely N-dealkylation sites (N-methyl/N-ethyl adjacent to an activating group) is 1. The van der Waals surface area contributed by atoms with Crippen LogP contribution in [0.3, 0.4) is 0 Å². The maximum absolute atomic E-state index is 14.6. The van der Waals surface area contributed by atoms with E-state index in [4.69, 9.17) is 9.57 Å². The smallest absolute Gasteiger partial charge is 0.247 e. The van der Waals surface area contributed by atoms with Gasteiger partial charge in [0, 0.05) is 37.7 Å². The summed E-state index contributed by atoms with van der Waals surface area (Å²) in [6, 6.07) is 6.18. The van der Waals surface area contributed by atoms with Crippen LogP contribution in [-0.4, -0.2) is 67.7 Å². The number of nitrogens with one attached hydrogen (secondary N) is 2. The normalized spacial score (nSPS) is 18.5. The maximum atomic E-state index is 14.6. The van der Waals surface area contributed by atoms with Crippen molar-refractivity contribution in [3.05, 3.63) is 72.3 Å². The third-order valence-electron chi connectivity index (χ3n) is 7.45. The molecule has 2 fully saturated rings. The van der Waals surface area contributed by atoms with Crippen molar-refractivity contribution in [2.45, 2.75) is 24.9 Å². The molecule has 1 amide bonds. The molecule has 3 aromatic rings. The Bertz CT molecular complexity index is 1490. The van der Waals surface area contributed by atoms with Crippen LogP contribution in [0.2, 0.25) is 0 Å². The summed E-state index contributed by atoms with van der Waals surface area (Å²) in [5.41, 5.74) is 1.42. The number of halogens is 3. The molecule has 222 valence electrons. The topological polar surface area (TPSA) is 95.1 Å². The third-order valence-corrected chi connectivity index (χ3v) is 7.45. The largest absolute Gasteiger partial charge is 0.494 e. The molecule has 5 rings (SSSR count). The van der Waals surface area contributed by atoms with Crippen LogP contribution in [-0.2, 0) is 9.63 Å². The predicted molar refractivity (Wildman–Crippen MR) is 154 cm³/mol. The quantitative estimate of drug-likeness (QED) is 0.272. The molecule has 2 aromatic carbocycles. The van der Waals surface area contributed by atoms with E-state index in [9.17, 15) is 18.0 Å². The van der Waals surface area contributed by atoms with Crippen LogP contribution in [0.4, 0.5) is 41.9 Å². The van der Waals surface area contributed by atoms with E-state index in [0.717, 1.165) is 37.3 Å². The molecule has 1 aromatic heterocycles. The first-order valence-electron chi connectivity index (χ1n) is 13.4. The maximum Gasteiger partial charge on any atom is 0.247 e. The first kappa shape index (κ1) is 29.1. The van der Waals surface area contributed by atoms with Gasteiger partial charge >= 0.3 is 0 Å². The van der Waals surface area contributed by atoms with E-state index in [1.165, 1.54) is 30.6 Å². The fourth-order valence-corrected chi connectivity index (χ4v) is 5.24. The van der Waals surface area contributed by atoms with Gasteiger partial charge in [0.25, 0.3) is 0 Å². The van der Waals surface area contributed by atoms with Gasteiger partial charge in [-0.15, -0.1) is 0 Å². The number of hydrogen-bond acceptors (Lipinski definition) is 9. The Labute approximate surface area is 241 Å². The van der Waals surface area contributed by atoms with E-state index >= 15 is 0 Å². The number of benzene rings is 2. The van der Waals surface area contributed by atoms with Gasteiger partial charge in [0.2, 0.25) is 5.91 Å². The number of carbonyl (C=O) groups excluding carboxylic acids is 1. The van der Waals surface area contributed by atoms with Gasteiger partial charge in [0.1, 0.15) is 23.7 Å². The van der Waals surface area contributed by atoms with Gasteiger partial charge in [-0.25, -0.2) is 28.2 Å². The summed E-state index contributed by atoms with van der Waals surface area (Å²) in [5, 5.41) is 7.31. The fourth-order valence-electron chi connectivity index (χ4n) is 5.24. The lowest BCUT2D eigenvalue weighted by Crippen LogP contribution is -2.31. The van der Waals surface area contributed by atoms with Crippen LogP contribution in [0.5, 0.6) is 5.75 Å². The van der Waals surface area contributed by atoms with Crippen molar-refractivity contribution in [2.24, 2.45) is 0 Å². The molecule has 2 saturated heterocycles. The molecular weight excluding hydrogens is 551 g/mol. The number of nitrogens with zero attached hydrogens (tertiary/aromatic N) is 5. The van der Waals surface area contributed by atoms with Gasteiger partial charge in [-0.2, -0.15) is 0 Å². The average molecular weight is 584 g/mol. The Morgan fingerprint density at radius 3 is 2.64 bits per heavy atom. The highest BCUT2D eigenvalue weighted by atomic mass is 19.2. The lowest BCUT2D eigenvalue weighted by atomic mass is 10.0. The summed E-state index contributed by atoms with van der Waals surface area (Å²) in [7, 11) is 5.62. The number of hydroxylamine groups is 1. The fraction of sp³-hybridized carbons (Fsp3) is 0.345. The monoisotopic (exact) mass is 583 g/mol. The molecule has 2 aliphatic heterocycles. The lowest BCUT2D eigenvalue weighted by Gasteiger charge is -2.26. The second-order valence-corrected chi connectivity index (χ2v) is 10.2. The summed E-state index contributed by atoms with van der Waals surface area (Å²) in [6.07, 6.45) is 3.65. The lowest BCUT2D eigenvalue weighted by molar-refractivity contribution is -0.111. The zero-order valence-electron chi connectivity index (χ0n) is 23.5. The van der Waals surface area contributed by atoms with E-state index in [-0.39, 0.29) is 24.8 Å². The molecule has 13 heteroatoms. The Morgan fingerprint density at radius 1 is 1.14 bits per heavy atom. The van der Waals surface area contributed by atoms with Gasteiger partial charge < -0.3 is 25.2 Å². The van der Waals surface area contributed by atoms with Gasteiger partial charge in [-0.3, -0.25) is 9.63 Å². The van der Waals surface area contributed by atoms with Crippen molar-refractivity contribution in [3.8, 4) is 5.75 Å². The van der Waals surface area contributed by atoms with Gasteiger partial charge in [0.05, 0.1) is 42.4 Å². The summed E-state index contributed by atoms with van der Waals surface area (Å²) in [4.78, 5) is 30.8. The molecule has 42 heavy (non-hydrogen) atoms. The highest BCUT2D eigenvalue weighted by Crippen LogP contribution is 2.41. The second-order valence-electron chi connectivity index (χ2n) is 10.2. The standard InChI is InChI=1S/C29H32F3N7O3/c1-5-27(40)36-20-12-21(24(41-4)13-23(20)38-10-8-17(15-38)37(2)3)35-25-14-26(34-16-33-25)39-22(9-11-42-39)28-18(30)6-7-19(31)29(28)32/h5-7,12-14,16-17,22H,1,8-11,15H2,2-4H3,(H,36,40)(H,33,34,35)/t17-,22-/m1/s1. The Kier molecular flexibility index (Phi) is 8.50. The molecule has 2 N–H and O–H groups in total. The second kappa shape index (κ2) is 12.2. The molecule has 0 unspecified atom stereocenters. The Hall–Kier alpha value is -4.36. The number of anilines is 5. The van der Waals surface area contributed by atoms with E-state index in [2.05, 4.69) is 37.0 Å². The summed E-state index contributed by atoms with van der Waals surface area (Å²) >= 11 is 0. The zero-order valence-corrected chi connectivity index (χ0v) is 23.5. The number of aromatic nitrogens is 2. The molecule has 10 nitrogen and oxygen atoms in total. The first-order chi connectivity index (χ1) is 20.2. The van der Waals surface area contributed by atoms with Crippen molar-refractivity contribution < 1.29 is 27.5 Å². The summed E-state index contributed by atoms with van der Waals surface area (Å²) in [5.74, 6) is -2.64. The third kappa shape index (κ3) is 5.83. The first-order valence-corrected chi connectivity index (χ1v) is 13.4. The van der Waals surface area contributed by atoms with Crippen LogP contribution in [0.1, 0.15) is 24.4 Å². The Balaban J connectivity index is 1.46. The van der Waals surface area contributed by atoms with Crippen molar-refractivity contribution in [2.75, 3.05) is 61.5 Å². The Morgan fingerprint density at radius 2 is 1.93 bits per heavy atom. The highest BCUT2D eigenvalue weighted by Gasteiger charge is 2.34. The molecule has 3 heterocycles. The minimum Gasteiger partial charge on any atom is -0.494 e. The van der Waals surface area contributed by atoms with Gasteiger partial charge in [-0.05, 0) is 44.8 Å². The molecule has 0 aliphatic carbocycles. The molecule has 0 spiro atoms. The highest BCUT2D eigenvalue weighted by molar-refractivity contribution is 6.02. The van der Waals surface area contributed by atoms with Crippen LogP contribution < -0.4 is 25.3 Å². The van der Waals surface area contributed by atoms with Gasteiger partial charge in [0.15, 0.2) is 17.5 Å². The van der Waals surface area contributed by atoms with E-state index < -0.39 is 29.1 Å². The zero-order chi connectivity index (χ0) is 30.0. The SMILES string of the molecule is C=CC(=O)Nc1cc(Nc2cc(N3OCC[C@@H]3c3c(F)ccc(F)c3F)ncn2)c(OC)cc1N1CC[C@@H](N(C)C)C1. The van der Waals surface area contributed by atoms with Crippen LogP contribution in [0.15, 0.2) is 49.3 Å². The van der Waals surface area contributed by atoms with E-state index in [1.807, 2.05) is 20.2 Å². The van der Waals surface area contributed by atoms with E-state index in [0.29, 0.717) is 29.0 Å². The number of hydrogen-bond donors (Lipinski definition) is 2. The number of carbonyl (C=O) groups is 1. The van der Waals surface area contributed by atoms with Crippen molar-refractivity contribution in [1.29, 1.82) is 0 Å². The predicted octanol–water partition coefficient (Wildman–Crippen LogP) is 4.79. The summed E-state index contributed by atoms with van der Waals surface area (Å²) in [6.45, 7) is 5.29. The molecule has 0 radical (unpaired) electrons. The molecule has 0 bridgehead atoms. The average Bonchev–Trinajstić information content (AvgIpc) is 3.66. The number of rotatable bonds is 9. The minimum atomic E-state index is -1.27. The molecular formula is C29H32F3N7O3. The van der Waals surface area contributed by atoms with Crippen LogP contribution >= 0.6 is 0 Å². The minimum absolute atomic E-state index is 0.152. The molecule has 2 aliphatic rings. The van der Waals surface area contributed by atoms with E-state index in [1.54, 1.807) is 6.07 Å². The van der Waals surface area contributed by atoms with Crippen LogP contribution in [0.25, 0.3) is 0 Å². The van der Waals surface area contributed by atoms with Crippen molar-refractivity contribution in [3.63, 3.8) is 0 Å². The van der Waals surface area contributed by atoms with Crippen molar-refractivity contribution >= 4 is 34.6 Å². The number of amides is 1. The number of ether oxygens (including phenoxy) is 1. The number of methoxy groups -OCH3 is 1. The molecule has 2 atom stereocenters. The van der Waals surface area contributed by atoms with Crippen molar-refractivity contribution in [1.82, 2.24) is 14.9 Å². The van der Waals surface area contributed by atoms with Crippen LogP contribution in [0, 0.1) is 17.5 Å². The summed E-state index contributed by atoms with van der Waals surface area (Å²) < 4.78 is 48.8. The molecule has 0 saturated carbocycles.